The minimum absolute atomic E-state index is 0. The van der Waals surface area contributed by atoms with Crippen molar-refractivity contribution in [3.63, 3.8) is 0 Å². The van der Waals surface area contributed by atoms with Gasteiger partial charge in [0.05, 0.1) is 4.90 Å². The van der Waals surface area contributed by atoms with Gasteiger partial charge in [-0.1, -0.05) is 33.8 Å². The normalized spacial score (nSPS) is 12.8. The summed E-state index contributed by atoms with van der Waals surface area (Å²) in [6, 6.07) is 4.89. The zero-order valence-corrected chi connectivity index (χ0v) is 18.9. The van der Waals surface area contributed by atoms with Gasteiger partial charge < -0.3 is 10.6 Å². The Labute approximate surface area is 170 Å². The molecule has 1 amide bonds. The number of hydrogen-bond acceptors (Lipinski definition) is 4. The van der Waals surface area contributed by atoms with Gasteiger partial charge >= 0.3 is 0 Å². The van der Waals surface area contributed by atoms with Crippen molar-refractivity contribution >= 4 is 28.3 Å². The van der Waals surface area contributed by atoms with Crippen molar-refractivity contribution in [1.29, 1.82) is 0 Å². The molecular formula is C19H34ClN3O3S. The molecule has 8 heteroatoms. The van der Waals surface area contributed by atoms with E-state index in [4.69, 9.17) is 5.73 Å². The van der Waals surface area contributed by atoms with Gasteiger partial charge in [-0.2, -0.15) is 4.31 Å². The van der Waals surface area contributed by atoms with Crippen LogP contribution in [0.2, 0.25) is 0 Å². The van der Waals surface area contributed by atoms with E-state index in [1.165, 1.54) is 10.4 Å². The van der Waals surface area contributed by atoms with Crippen molar-refractivity contribution in [2.75, 3.05) is 26.7 Å². The number of nitrogens with two attached hydrogens (primary N) is 1. The summed E-state index contributed by atoms with van der Waals surface area (Å²) in [6.07, 6.45) is 0.705. The molecule has 1 atom stereocenters. The number of carbonyl (C=O) groups excluding carboxylic acids is 1. The first-order valence-electron chi connectivity index (χ1n) is 9.18. The highest BCUT2D eigenvalue weighted by molar-refractivity contribution is 7.89. The molecule has 0 radical (unpaired) electrons. The summed E-state index contributed by atoms with van der Waals surface area (Å²) >= 11 is 0. The van der Waals surface area contributed by atoms with Crippen molar-refractivity contribution in [1.82, 2.24) is 9.21 Å². The van der Waals surface area contributed by atoms with Crippen molar-refractivity contribution < 1.29 is 13.2 Å². The van der Waals surface area contributed by atoms with Crippen LogP contribution < -0.4 is 5.73 Å². The highest BCUT2D eigenvalue weighted by atomic mass is 35.5. The lowest BCUT2D eigenvalue weighted by atomic mass is 10.0. The van der Waals surface area contributed by atoms with Crippen molar-refractivity contribution in [2.24, 2.45) is 11.7 Å². The molecule has 1 aromatic carbocycles. The average molecular weight is 420 g/mol. The fraction of sp³-hybridized carbons (Fsp3) is 0.632. The van der Waals surface area contributed by atoms with Gasteiger partial charge in [0.2, 0.25) is 10.0 Å². The molecule has 0 heterocycles. The van der Waals surface area contributed by atoms with Crippen LogP contribution in [0.1, 0.15) is 50.0 Å². The lowest BCUT2D eigenvalue weighted by molar-refractivity contribution is 0.0789. The maximum Gasteiger partial charge on any atom is 0.253 e. The molecule has 27 heavy (non-hydrogen) atoms. The van der Waals surface area contributed by atoms with Crippen LogP contribution in [0.4, 0.5) is 0 Å². The molecule has 2 N–H and O–H groups in total. The Kier molecular flexibility index (Phi) is 10.5. The molecule has 1 unspecified atom stereocenters. The van der Waals surface area contributed by atoms with Crippen LogP contribution in [0.5, 0.6) is 0 Å². The molecule has 1 aromatic rings. The summed E-state index contributed by atoms with van der Waals surface area (Å²) < 4.78 is 27.1. The van der Waals surface area contributed by atoms with Crippen molar-refractivity contribution in [3.05, 3.63) is 29.3 Å². The fourth-order valence-corrected chi connectivity index (χ4v) is 4.42. The standard InChI is InChI=1S/C19H33N3O3S.ClH/c1-7-22(8-2)26(24,25)18-13-16(10-9-15(18)5)19(23)21(6)12-11-17(20)14(3)4;/h9-10,13-14,17H,7-8,11-12,20H2,1-6H3;1H. The second-order valence-corrected chi connectivity index (χ2v) is 8.90. The van der Waals surface area contributed by atoms with Crippen LogP contribution in [-0.2, 0) is 10.0 Å². The first-order valence-corrected chi connectivity index (χ1v) is 10.6. The molecule has 0 bridgehead atoms. The maximum atomic E-state index is 12.8. The Hall–Kier alpha value is -1.15. The third-order valence-electron chi connectivity index (χ3n) is 4.76. The molecule has 0 aromatic heterocycles. The van der Waals surface area contributed by atoms with Crippen LogP contribution in [0.15, 0.2) is 23.1 Å². The second kappa shape index (κ2) is 11.0. The van der Waals surface area contributed by atoms with E-state index in [2.05, 4.69) is 13.8 Å². The first-order chi connectivity index (χ1) is 12.1. The largest absolute Gasteiger partial charge is 0.342 e. The number of carbonyl (C=O) groups is 1. The van der Waals surface area contributed by atoms with E-state index >= 15 is 0 Å². The van der Waals surface area contributed by atoms with Crippen molar-refractivity contribution in [3.8, 4) is 0 Å². The maximum absolute atomic E-state index is 12.8. The van der Waals surface area contributed by atoms with E-state index in [-0.39, 0.29) is 29.3 Å². The summed E-state index contributed by atoms with van der Waals surface area (Å²) in [5.74, 6) is 0.153. The predicted octanol–water partition coefficient (Wildman–Crippen LogP) is 2.89. The predicted molar refractivity (Wildman–Crippen MR) is 113 cm³/mol. The van der Waals surface area contributed by atoms with Gasteiger partial charge in [-0.05, 0) is 37.0 Å². The Morgan fingerprint density at radius 2 is 1.74 bits per heavy atom. The quantitative estimate of drug-likeness (QED) is 0.666. The summed E-state index contributed by atoms with van der Waals surface area (Å²) in [7, 11) is -1.89. The number of halogens is 1. The third kappa shape index (κ3) is 6.45. The second-order valence-electron chi connectivity index (χ2n) is 6.99. The van der Waals surface area contributed by atoms with Gasteiger partial charge in [0.15, 0.2) is 0 Å². The Bertz CT molecular complexity index is 719. The lowest BCUT2D eigenvalue weighted by Gasteiger charge is -2.23. The Morgan fingerprint density at radius 3 is 2.22 bits per heavy atom. The topological polar surface area (TPSA) is 83.7 Å². The fourth-order valence-electron chi connectivity index (χ4n) is 2.71. The number of hydrogen-bond donors (Lipinski definition) is 1. The van der Waals surface area contributed by atoms with Gasteiger partial charge in [0, 0.05) is 38.3 Å². The number of aryl methyl sites for hydroxylation is 1. The van der Waals surface area contributed by atoms with E-state index in [1.54, 1.807) is 44.9 Å². The molecular weight excluding hydrogens is 386 g/mol. The number of nitrogens with zero attached hydrogens (tertiary/aromatic N) is 2. The van der Waals surface area contributed by atoms with E-state index in [0.717, 1.165) is 0 Å². The monoisotopic (exact) mass is 419 g/mol. The summed E-state index contributed by atoms with van der Waals surface area (Å²) in [5.41, 5.74) is 7.06. The van der Waals surface area contributed by atoms with E-state index in [9.17, 15) is 13.2 Å². The third-order valence-corrected chi connectivity index (χ3v) is 6.95. The molecule has 0 saturated carbocycles. The highest BCUT2D eigenvalue weighted by Gasteiger charge is 2.25. The Balaban J connectivity index is 0.00000676. The number of sulfonamides is 1. The number of benzene rings is 1. The minimum Gasteiger partial charge on any atom is -0.342 e. The molecule has 0 aliphatic heterocycles. The van der Waals surface area contributed by atoms with Crippen LogP contribution >= 0.6 is 12.4 Å². The molecule has 0 spiro atoms. The summed E-state index contributed by atoms with van der Waals surface area (Å²) in [4.78, 5) is 14.5. The molecule has 0 aliphatic rings. The molecule has 0 fully saturated rings. The molecule has 6 nitrogen and oxygen atoms in total. The van der Waals surface area contributed by atoms with Gasteiger partial charge in [-0.15, -0.1) is 12.4 Å². The molecule has 0 saturated heterocycles. The average Bonchev–Trinajstić information content (AvgIpc) is 2.59. The van der Waals surface area contributed by atoms with Crippen LogP contribution in [0.25, 0.3) is 0 Å². The highest BCUT2D eigenvalue weighted by Crippen LogP contribution is 2.22. The van der Waals surface area contributed by atoms with Gasteiger partial charge in [0.1, 0.15) is 0 Å². The number of rotatable bonds is 9. The zero-order valence-electron chi connectivity index (χ0n) is 17.2. The van der Waals surface area contributed by atoms with Crippen LogP contribution in [0, 0.1) is 12.8 Å². The molecule has 0 aliphatic carbocycles. The van der Waals surface area contributed by atoms with Crippen LogP contribution in [0.3, 0.4) is 0 Å². The lowest BCUT2D eigenvalue weighted by Crippen LogP contribution is -2.35. The smallest absolute Gasteiger partial charge is 0.253 e. The van der Waals surface area contributed by atoms with E-state index in [0.29, 0.717) is 43.1 Å². The zero-order chi connectivity index (χ0) is 20.1. The van der Waals surface area contributed by atoms with E-state index < -0.39 is 10.0 Å². The SMILES string of the molecule is CCN(CC)S(=O)(=O)c1cc(C(=O)N(C)CCC(N)C(C)C)ccc1C.Cl. The number of amides is 1. The summed E-state index contributed by atoms with van der Waals surface area (Å²) in [6.45, 7) is 10.8. The first kappa shape index (κ1) is 25.9. The summed E-state index contributed by atoms with van der Waals surface area (Å²) in [5, 5.41) is 0. The molecule has 1 rings (SSSR count). The van der Waals surface area contributed by atoms with Gasteiger partial charge in [-0.3, -0.25) is 4.79 Å². The van der Waals surface area contributed by atoms with Gasteiger partial charge in [0.25, 0.3) is 5.91 Å². The van der Waals surface area contributed by atoms with Gasteiger partial charge in [-0.25, -0.2) is 8.42 Å². The minimum atomic E-state index is -3.61. The van der Waals surface area contributed by atoms with E-state index in [1.807, 2.05) is 0 Å². The van der Waals surface area contributed by atoms with Crippen molar-refractivity contribution in [2.45, 2.75) is 52.0 Å². The molecule has 156 valence electrons. The Morgan fingerprint density at radius 1 is 1.19 bits per heavy atom. The van der Waals surface area contributed by atoms with Crippen LogP contribution in [-0.4, -0.2) is 56.3 Å².